The number of nitrogens with zero attached hydrogens (tertiary/aromatic N) is 2. The maximum Gasteiger partial charge on any atom is 0.380 e. The third-order valence-electron chi connectivity index (χ3n) is 5.97. The molecule has 3 heterocycles. The number of ether oxygens (including phenoxy) is 2. The van der Waals surface area contributed by atoms with Crippen molar-refractivity contribution in [3.05, 3.63) is 52.9 Å². The normalized spacial score (nSPS) is 26.0. The lowest BCUT2D eigenvalue weighted by atomic mass is 9.99. The number of halogens is 1. The number of hydrogen-bond donors (Lipinski definition) is 3. The molecule has 0 radical (unpaired) electrons. The van der Waals surface area contributed by atoms with Gasteiger partial charge in [0.2, 0.25) is 5.95 Å². The number of carbonyl (C=O) groups is 1. The Hall–Kier alpha value is -3.33. The van der Waals surface area contributed by atoms with Gasteiger partial charge in [-0.25, -0.2) is 4.57 Å². The van der Waals surface area contributed by atoms with Crippen LogP contribution in [0.25, 0.3) is 11.0 Å². The Morgan fingerprint density at radius 2 is 2.10 bits per heavy atom. The van der Waals surface area contributed by atoms with Gasteiger partial charge in [-0.3, -0.25) is 19.1 Å². The van der Waals surface area contributed by atoms with Crippen molar-refractivity contribution < 1.29 is 35.7 Å². The molecular formula is C26H30ClN4O8P. The van der Waals surface area contributed by atoms with E-state index in [2.05, 4.69) is 15.9 Å². The third kappa shape index (κ3) is 6.04. The molecule has 1 fully saturated rings. The largest absolute Gasteiger partial charge is 0.463 e. The molecule has 14 heteroatoms. The van der Waals surface area contributed by atoms with E-state index in [1.54, 1.807) is 32.0 Å². The van der Waals surface area contributed by atoms with Crippen LogP contribution >= 0.6 is 19.2 Å². The van der Waals surface area contributed by atoms with E-state index in [0.29, 0.717) is 0 Å². The number of alkyl halides is 1. The molecule has 2 aromatic heterocycles. The predicted octanol–water partition coefficient (Wildman–Crippen LogP) is 3.05. The molecule has 1 aliphatic heterocycles. The fourth-order valence-corrected chi connectivity index (χ4v) is 6.06. The Morgan fingerprint density at radius 3 is 2.75 bits per heavy atom. The van der Waals surface area contributed by atoms with Gasteiger partial charge in [0.25, 0.3) is 5.56 Å². The molecule has 0 aliphatic carbocycles. The van der Waals surface area contributed by atoms with Crippen molar-refractivity contribution in [1.29, 1.82) is 0 Å². The fraction of sp³-hybridized carbons (Fsp3) is 0.423. The van der Waals surface area contributed by atoms with E-state index in [0.717, 1.165) is 0 Å². The minimum atomic E-state index is -4.52. The Labute approximate surface area is 238 Å². The number of para-hydroxylation sites is 1. The second-order valence-corrected chi connectivity index (χ2v) is 12.0. The summed E-state index contributed by atoms with van der Waals surface area (Å²) in [5, 5.41) is 11.3. The zero-order valence-corrected chi connectivity index (χ0v) is 23.5. The van der Waals surface area contributed by atoms with E-state index in [1.165, 1.54) is 35.9 Å². The van der Waals surface area contributed by atoms with Crippen molar-refractivity contribution in [2.24, 2.45) is 5.92 Å². The van der Waals surface area contributed by atoms with Gasteiger partial charge in [-0.2, -0.15) is 4.98 Å². The predicted molar refractivity (Wildman–Crippen MR) is 148 cm³/mol. The first-order chi connectivity index (χ1) is 19.6. The Morgan fingerprint density at radius 1 is 1.40 bits per heavy atom. The van der Waals surface area contributed by atoms with Crippen LogP contribution in [-0.4, -0.2) is 61.5 Å². The highest BCUT2D eigenvalue weighted by Crippen LogP contribution is 2.52. The summed E-state index contributed by atoms with van der Waals surface area (Å²) in [6.45, 7) is 1.67. The van der Waals surface area contributed by atoms with Crippen LogP contribution in [0.15, 0.2) is 47.4 Å². The first-order valence-corrected chi connectivity index (χ1v) is 14.3. The Kier molecular flexibility index (Phi) is 7.82. The van der Waals surface area contributed by atoms with Gasteiger partial charge in [0, 0.05) is 6.20 Å². The molecule has 3 aromatic rings. The Balaban J connectivity index is 1.69. The zero-order chi connectivity index (χ0) is 31.0. The van der Waals surface area contributed by atoms with Crippen LogP contribution in [0.2, 0.25) is 0 Å². The monoisotopic (exact) mass is 594 g/mol. The topological polar surface area (TPSA) is 168 Å². The SMILES string of the molecule is [2H]C([2H])(O[P@@](=O)(C[C@@H](C)C(=O)OC(C)C)Oc1ccccc1)[C@H]1O[C@@H](n2ccc3c(=O)[nH]c(N)nc32)C(Cl)(C#C)[C@H]1O. The van der Waals surface area contributed by atoms with Gasteiger partial charge in [-0.1, -0.05) is 42.6 Å². The highest BCUT2D eigenvalue weighted by molar-refractivity contribution is 7.54. The molecule has 1 saturated heterocycles. The van der Waals surface area contributed by atoms with Crippen molar-refractivity contribution in [2.45, 2.75) is 50.2 Å². The van der Waals surface area contributed by atoms with Gasteiger partial charge in [-0.05, 0) is 32.0 Å². The van der Waals surface area contributed by atoms with Crippen molar-refractivity contribution in [2.75, 3.05) is 18.5 Å². The van der Waals surface area contributed by atoms with Crippen molar-refractivity contribution >= 4 is 42.1 Å². The molecule has 4 N–H and O–H groups in total. The van der Waals surface area contributed by atoms with Gasteiger partial charge in [-0.15, -0.1) is 6.42 Å². The lowest BCUT2D eigenvalue weighted by Gasteiger charge is -2.26. The lowest BCUT2D eigenvalue weighted by molar-refractivity contribution is -0.151. The number of esters is 1. The summed E-state index contributed by atoms with van der Waals surface area (Å²) in [6.07, 6.45) is 0.676. The van der Waals surface area contributed by atoms with E-state index in [9.17, 15) is 19.3 Å². The van der Waals surface area contributed by atoms with Crippen molar-refractivity contribution in [3.8, 4) is 18.1 Å². The number of nitrogens with two attached hydrogens (primary N) is 1. The summed E-state index contributed by atoms with van der Waals surface area (Å²) < 4.78 is 54.9. The molecule has 1 unspecified atom stereocenters. The number of fused-ring (bicyclic) bond motifs is 1. The third-order valence-corrected chi connectivity index (χ3v) is 8.36. The summed E-state index contributed by atoms with van der Waals surface area (Å²) in [5.74, 6) is 0.369. The first-order valence-electron chi connectivity index (χ1n) is 13.2. The standard InChI is InChI=1S/C26H30ClN4O8P/c1-5-26(27)20(32)19(38-24(26)31-12-11-18-21(31)29-25(28)30-22(18)33)13-36-40(35,39-17-9-7-6-8-10-17)14-16(4)23(34)37-15(2)3/h1,6-12,15-16,19-20,24,32H,13-14H2,2-4H3,(H3,28,29,30,33)/t16-,19-,20+,24-,26?,40+/m1/s1/i13D2. The highest BCUT2D eigenvalue weighted by atomic mass is 35.5. The molecule has 12 nitrogen and oxygen atoms in total. The fourth-order valence-electron chi connectivity index (χ4n) is 4.07. The number of terminal acetylenes is 1. The van der Waals surface area contributed by atoms with E-state index in [-0.39, 0.29) is 22.7 Å². The Bertz CT molecular complexity index is 1610. The number of anilines is 1. The number of nitrogens with one attached hydrogen (secondary N) is 1. The molecule has 6 atom stereocenters. The van der Waals surface area contributed by atoms with Crippen molar-refractivity contribution in [3.63, 3.8) is 0 Å². The van der Waals surface area contributed by atoms with Crippen LogP contribution in [0.1, 0.15) is 29.7 Å². The molecular weight excluding hydrogens is 563 g/mol. The molecule has 214 valence electrons. The maximum atomic E-state index is 14.1. The van der Waals surface area contributed by atoms with Gasteiger partial charge in [0.15, 0.2) is 16.7 Å². The number of hydrogen-bond acceptors (Lipinski definition) is 10. The summed E-state index contributed by atoms with van der Waals surface area (Å²) in [7, 11) is -4.52. The highest BCUT2D eigenvalue weighted by Gasteiger charge is 2.56. The quantitative estimate of drug-likeness (QED) is 0.137. The van der Waals surface area contributed by atoms with Crippen LogP contribution in [0.4, 0.5) is 5.95 Å². The summed E-state index contributed by atoms with van der Waals surface area (Å²) in [5.41, 5.74) is 5.14. The van der Waals surface area contributed by atoms with Crippen LogP contribution in [0.3, 0.4) is 0 Å². The number of aromatic nitrogens is 3. The van der Waals surface area contributed by atoms with Gasteiger partial charge in [0.1, 0.15) is 18.0 Å². The van der Waals surface area contributed by atoms with E-state index in [4.69, 9.17) is 45.0 Å². The van der Waals surface area contributed by atoms with E-state index in [1.807, 2.05) is 0 Å². The maximum absolute atomic E-state index is 14.1. The molecule has 0 bridgehead atoms. The average molecular weight is 595 g/mol. The minimum Gasteiger partial charge on any atom is -0.463 e. The molecule has 1 aromatic carbocycles. The van der Waals surface area contributed by atoms with Crippen LogP contribution in [-0.2, 0) is 23.4 Å². The summed E-state index contributed by atoms with van der Waals surface area (Å²) >= 11 is 6.66. The summed E-state index contributed by atoms with van der Waals surface area (Å²) in [6, 6.07) is 9.22. The number of nitrogen functional groups attached to an aromatic ring is 1. The van der Waals surface area contributed by atoms with Crippen LogP contribution < -0.4 is 15.8 Å². The molecule has 0 amide bonds. The zero-order valence-electron chi connectivity index (χ0n) is 23.8. The molecule has 0 saturated carbocycles. The van der Waals surface area contributed by atoms with Crippen LogP contribution in [0, 0.1) is 18.3 Å². The summed E-state index contributed by atoms with van der Waals surface area (Å²) in [4.78, 5) is 29.2. The van der Waals surface area contributed by atoms with E-state index < -0.39 is 67.2 Å². The second kappa shape index (κ2) is 11.6. The second-order valence-electron chi connectivity index (χ2n) is 9.47. The number of rotatable bonds is 10. The average Bonchev–Trinajstić information content (AvgIpc) is 3.42. The minimum absolute atomic E-state index is 0.00595. The van der Waals surface area contributed by atoms with Crippen molar-refractivity contribution in [1.82, 2.24) is 14.5 Å². The number of aliphatic hydroxyl groups excluding tert-OH is 1. The van der Waals surface area contributed by atoms with Gasteiger partial charge in [0.05, 0.1) is 32.9 Å². The van der Waals surface area contributed by atoms with E-state index >= 15 is 0 Å². The number of H-pyrrole nitrogens is 1. The first kappa shape index (κ1) is 26.9. The molecule has 4 rings (SSSR count). The van der Waals surface area contributed by atoms with Crippen LogP contribution in [0.5, 0.6) is 5.75 Å². The molecule has 40 heavy (non-hydrogen) atoms. The van der Waals surface area contributed by atoms with Gasteiger partial charge < -0.3 is 29.4 Å². The lowest BCUT2D eigenvalue weighted by Crippen LogP contribution is -2.41. The number of aliphatic hydroxyl groups is 1. The smallest absolute Gasteiger partial charge is 0.380 e. The number of aromatic amines is 1. The molecule has 1 aliphatic rings. The number of benzene rings is 1. The number of carbonyl (C=O) groups excluding carboxylic acids is 1. The molecule has 0 spiro atoms. The van der Waals surface area contributed by atoms with Gasteiger partial charge >= 0.3 is 13.6 Å².